The molecule has 0 bridgehead atoms. The fourth-order valence-electron chi connectivity index (χ4n) is 5.09. The Morgan fingerprint density at radius 1 is 0.743 bits per heavy atom. The molecule has 6 heteroatoms. The van der Waals surface area contributed by atoms with E-state index < -0.39 is 17.2 Å². The smallest absolute Gasteiger partial charge is 0.344 e. The highest BCUT2D eigenvalue weighted by molar-refractivity contribution is 5.88. The quantitative estimate of drug-likeness (QED) is 0.341. The lowest BCUT2D eigenvalue weighted by atomic mass is 9.83. The van der Waals surface area contributed by atoms with Crippen molar-refractivity contribution in [3.8, 4) is 5.75 Å². The van der Waals surface area contributed by atoms with Crippen LogP contribution in [0.2, 0.25) is 0 Å². The molecule has 0 radical (unpaired) electrons. The SMILES string of the molecule is Cc1cc(C)c2oc(=O)c(C(c3ccncc3)c3c(O)c4cc(C)cc(C)c4oc3=O)c(C)c2c1. The van der Waals surface area contributed by atoms with Crippen molar-refractivity contribution in [2.24, 2.45) is 0 Å². The number of hydrogen-bond acceptors (Lipinski definition) is 6. The van der Waals surface area contributed by atoms with Crippen LogP contribution < -0.4 is 11.3 Å². The maximum absolute atomic E-state index is 13.5. The predicted molar refractivity (Wildman–Crippen MR) is 135 cm³/mol. The van der Waals surface area contributed by atoms with Crippen LogP contribution in [0.5, 0.6) is 5.75 Å². The van der Waals surface area contributed by atoms with Crippen LogP contribution in [0, 0.1) is 34.6 Å². The first-order valence-electron chi connectivity index (χ1n) is 11.4. The van der Waals surface area contributed by atoms with Gasteiger partial charge in [-0.25, -0.2) is 9.59 Å². The number of aromatic hydroxyl groups is 1. The van der Waals surface area contributed by atoms with Crippen molar-refractivity contribution in [2.75, 3.05) is 0 Å². The number of fused-ring (bicyclic) bond motifs is 2. The number of nitrogens with zero attached hydrogens (tertiary/aromatic N) is 1. The summed E-state index contributed by atoms with van der Waals surface area (Å²) < 4.78 is 11.5. The summed E-state index contributed by atoms with van der Waals surface area (Å²) in [6, 6.07) is 11.0. The zero-order chi connectivity index (χ0) is 25.0. The van der Waals surface area contributed by atoms with Gasteiger partial charge in [0.1, 0.15) is 16.9 Å². The van der Waals surface area contributed by atoms with E-state index in [1.807, 2.05) is 52.8 Å². The van der Waals surface area contributed by atoms with E-state index >= 15 is 0 Å². The molecule has 0 spiro atoms. The third-order valence-corrected chi connectivity index (χ3v) is 6.60. The Balaban J connectivity index is 1.93. The molecule has 0 fully saturated rings. The molecule has 35 heavy (non-hydrogen) atoms. The Morgan fingerprint density at radius 2 is 1.26 bits per heavy atom. The molecule has 0 aliphatic rings. The molecule has 0 aliphatic carbocycles. The van der Waals surface area contributed by atoms with E-state index in [-0.39, 0.29) is 16.9 Å². The standard InChI is InChI=1S/C29H25NO5/c1-14-10-16(3)26-20(12-14)18(5)22(28(32)34-26)23(19-6-8-30-9-7-19)24-25(31)21-13-15(2)11-17(4)27(21)35-29(24)33/h6-13,23,31H,1-5H3. The van der Waals surface area contributed by atoms with Gasteiger partial charge in [0.15, 0.2) is 0 Å². The fraction of sp³-hybridized carbons (Fsp3) is 0.207. The largest absolute Gasteiger partial charge is 0.507 e. The van der Waals surface area contributed by atoms with Crippen LogP contribution in [0.1, 0.15) is 50.4 Å². The van der Waals surface area contributed by atoms with Crippen molar-refractivity contribution >= 4 is 21.9 Å². The van der Waals surface area contributed by atoms with Gasteiger partial charge in [-0.2, -0.15) is 0 Å². The summed E-state index contributed by atoms with van der Waals surface area (Å²) in [4.78, 5) is 31.0. The molecule has 0 amide bonds. The Hall–Kier alpha value is -4.19. The van der Waals surface area contributed by atoms with Crippen molar-refractivity contribution in [2.45, 2.75) is 40.5 Å². The molecule has 0 saturated carbocycles. The minimum Gasteiger partial charge on any atom is -0.507 e. The van der Waals surface area contributed by atoms with E-state index in [0.29, 0.717) is 27.7 Å². The number of aromatic nitrogens is 1. The normalized spacial score (nSPS) is 12.4. The lowest BCUT2D eigenvalue weighted by molar-refractivity contribution is 0.453. The average molecular weight is 468 g/mol. The molecule has 6 nitrogen and oxygen atoms in total. The van der Waals surface area contributed by atoms with Crippen molar-refractivity contribution in [3.63, 3.8) is 0 Å². The van der Waals surface area contributed by atoms with Gasteiger partial charge >= 0.3 is 11.3 Å². The van der Waals surface area contributed by atoms with E-state index in [1.54, 1.807) is 30.6 Å². The Morgan fingerprint density at radius 3 is 1.86 bits per heavy atom. The summed E-state index contributed by atoms with van der Waals surface area (Å²) in [6.07, 6.45) is 3.17. The Labute approximate surface area is 201 Å². The molecular weight excluding hydrogens is 442 g/mol. The van der Waals surface area contributed by atoms with Crippen molar-refractivity contribution in [3.05, 3.63) is 114 Å². The zero-order valence-corrected chi connectivity index (χ0v) is 20.2. The minimum absolute atomic E-state index is 0.00664. The second kappa shape index (κ2) is 8.24. The molecule has 5 rings (SSSR count). The molecule has 2 aromatic carbocycles. The number of pyridine rings is 1. The molecule has 0 aliphatic heterocycles. The summed E-state index contributed by atoms with van der Waals surface area (Å²) in [5, 5.41) is 12.7. The molecule has 1 N–H and O–H groups in total. The van der Waals surface area contributed by atoms with Gasteiger partial charge in [-0.15, -0.1) is 0 Å². The molecule has 1 unspecified atom stereocenters. The highest BCUT2D eigenvalue weighted by atomic mass is 16.4. The van der Waals surface area contributed by atoms with Gasteiger partial charge < -0.3 is 13.9 Å². The second-order valence-corrected chi connectivity index (χ2v) is 9.21. The fourth-order valence-corrected chi connectivity index (χ4v) is 5.09. The molecule has 3 aromatic heterocycles. The third-order valence-electron chi connectivity index (χ3n) is 6.60. The topological polar surface area (TPSA) is 93.5 Å². The lowest BCUT2D eigenvalue weighted by Crippen LogP contribution is -2.22. The number of benzene rings is 2. The van der Waals surface area contributed by atoms with Crippen LogP contribution in [-0.4, -0.2) is 10.1 Å². The highest BCUT2D eigenvalue weighted by Gasteiger charge is 2.31. The van der Waals surface area contributed by atoms with Gasteiger partial charge in [0.05, 0.1) is 22.4 Å². The first-order valence-corrected chi connectivity index (χ1v) is 11.4. The van der Waals surface area contributed by atoms with E-state index in [9.17, 15) is 14.7 Å². The lowest BCUT2D eigenvalue weighted by Gasteiger charge is -2.21. The van der Waals surface area contributed by atoms with Crippen LogP contribution in [0.3, 0.4) is 0 Å². The predicted octanol–water partition coefficient (Wildman–Crippen LogP) is 5.72. The van der Waals surface area contributed by atoms with Crippen LogP contribution >= 0.6 is 0 Å². The van der Waals surface area contributed by atoms with Crippen molar-refractivity contribution < 1.29 is 13.9 Å². The van der Waals surface area contributed by atoms with Crippen LogP contribution in [0.25, 0.3) is 21.9 Å². The van der Waals surface area contributed by atoms with Crippen LogP contribution in [0.15, 0.2) is 67.2 Å². The number of aryl methyl sites for hydroxylation is 5. The van der Waals surface area contributed by atoms with Gasteiger partial charge in [-0.05, 0) is 92.3 Å². The minimum atomic E-state index is -0.916. The van der Waals surface area contributed by atoms with E-state index in [2.05, 4.69) is 4.98 Å². The Bertz CT molecular complexity index is 1630. The maximum atomic E-state index is 13.5. The molecule has 5 aromatic rings. The van der Waals surface area contributed by atoms with E-state index in [1.165, 1.54) is 0 Å². The Kier molecular flexibility index (Phi) is 5.32. The van der Waals surface area contributed by atoms with Crippen molar-refractivity contribution in [1.82, 2.24) is 4.98 Å². The zero-order valence-electron chi connectivity index (χ0n) is 20.2. The first-order chi connectivity index (χ1) is 16.7. The number of hydrogen-bond donors (Lipinski definition) is 1. The summed E-state index contributed by atoms with van der Waals surface area (Å²) in [7, 11) is 0. The number of rotatable bonds is 3. The third kappa shape index (κ3) is 3.62. The second-order valence-electron chi connectivity index (χ2n) is 9.21. The summed E-state index contributed by atoms with van der Waals surface area (Å²) in [5.74, 6) is -1.12. The van der Waals surface area contributed by atoms with Gasteiger partial charge in [-0.1, -0.05) is 12.1 Å². The maximum Gasteiger partial charge on any atom is 0.344 e. The summed E-state index contributed by atoms with van der Waals surface area (Å²) >= 11 is 0. The van der Waals surface area contributed by atoms with E-state index in [4.69, 9.17) is 8.83 Å². The van der Waals surface area contributed by atoms with Gasteiger partial charge in [0.25, 0.3) is 0 Å². The first kappa shape index (κ1) is 22.6. The summed E-state index contributed by atoms with van der Waals surface area (Å²) in [6.45, 7) is 9.45. The van der Waals surface area contributed by atoms with E-state index in [0.717, 1.165) is 27.6 Å². The summed E-state index contributed by atoms with van der Waals surface area (Å²) in [5.41, 5.74) is 4.67. The van der Waals surface area contributed by atoms with Gasteiger partial charge in [0, 0.05) is 17.8 Å². The van der Waals surface area contributed by atoms with Crippen LogP contribution in [-0.2, 0) is 0 Å². The highest BCUT2D eigenvalue weighted by Crippen LogP contribution is 2.40. The van der Waals surface area contributed by atoms with Crippen LogP contribution in [0.4, 0.5) is 0 Å². The van der Waals surface area contributed by atoms with Gasteiger partial charge in [-0.3, -0.25) is 4.98 Å². The molecular formula is C29H25NO5. The van der Waals surface area contributed by atoms with Gasteiger partial charge in [0.2, 0.25) is 0 Å². The monoisotopic (exact) mass is 467 g/mol. The average Bonchev–Trinajstić information content (AvgIpc) is 2.80. The molecule has 176 valence electrons. The molecule has 0 saturated heterocycles. The molecule has 1 atom stereocenters. The molecule has 3 heterocycles. The van der Waals surface area contributed by atoms with Crippen molar-refractivity contribution in [1.29, 1.82) is 0 Å².